The number of hydrogen-bond acceptors (Lipinski definition) is 23. The summed E-state index contributed by atoms with van der Waals surface area (Å²) in [6.45, 7) is 1.83. The molecule has 0 unspecified atom stereocenters. The number of methoxy groups -OCH3 is 1. The second-order valence-corrected chi connectivity index (χ2v) is 38.8. The van der Waals surface area contributed by atoms with E-state index in [0.29, 0.717) is 154 Å². The van der Waals surface area contributed by atoms with Crippen LogP contribution in [0.4, 0.5) is 23.3 Å². The van der Waals surface area contributed by atoms with Crippen molar-refractivity contribution in [1.82, 2.24) is 102 Å². The molecule has 0 bridgehead atoms. The van der Waals surface area contributed by atoms with Gasteiger partial charge in [0, 0.05) is 99.4 Å². The number of aromatic nitrogens is 21. The number of carboxylic acid groups (broad SMARTS) is 5. The van der Waals surface area contributed by atoms with Gasteiger partial charge in [0.15, 0.2) is 16.5 Å². The molecular formula is C101H96Cl3N25O12S. The number of hydrogen-bond donors (Lipinski definition) is 14. The van der Waals surface area contributed by atoms with E-state index >= 15 is 0 Å². The van der Waals surface area contributed by atoms with Crippen molar-refractivity contribution in [1.29, 1.82) is 0 Å². The zero-order valence-corrected chi connectivity index (χ0v) is 79.7. The number of anilines is 4. The van der Waals surface area contributed by atoms with Gasteiger partial charge in [0.1, 0.15) is 104 Å². The number of benzene rings is 5. The Bertz CT molecular complexity index is 8240. The number of aliphatic carboxylic acids is 5. The van der Waals surface area contributed by atoms with Gasteiger partial charge in [-0.25, -0.2) is 53.9 Å². The fraction of sp³-hybridized carbons (Fsp3) is 0.277. The number of ether oxygens (including phenoxy) is 1. The number of halogens is 3. The van der Waals surface area contributed by atoms with E-state index in [0.717, 1.165) is 178 Å². The van der Waals surface area contributed by atoms with Crippen LogP contribution in [0.1, 0.15) is 173 Å². The summed E-state index contributed by atoms with van der Waals surface area (Å²) in [5.41, 5.74) is 40.5. The van der Waals surface area contributed by atoms with Crippen molar-refractivity contribution < 1.29 is 54.2 Å². The van der Waals surface area contributed by atoms with Gasteiger partial charge in [-0.1, -0.05) is 113 Å². The smallest absolute Gasteiger partial charge is 0.313 e. The van der Waals surface area contributed by atoms with E-state index in [2.05, 4.69) is 72.2 Å². The van der Waals surface area contributed by atoms with Crippen LogP contribution in [0.25, 0.3) is 128 Å². The number of nitrogens with one attached hydrogen (secondary N) is 5. The van der Waals surface area contributed by atoms with Crippen molar-refractivity contribution in [3.8, 4) is 51.3 Å². The molecule has 24 rings (SSSR count). The van der Waals surface area contributed by atoms with Crippen LogP contribution >= 0.6 is 46.6 Å². The maximum atomic E-state index is 12.6. The highest BCUT2D eigenvalue weighted by Crippen LogP contribution is 2.48. The first-order valence-electron chi connectivity index (χ1n) is 46.5. The van der Waals surface area contributed by atoms with Crippen molar-refractivity contribution >= 4 is 183 Å². The summed E-state index contributed by atoms with van der Waals surface area (Å²) in [7, 11) is 1.64. The quantitative estimate of drug-likeness (QED) is 0.0377. The molecule has 5 aliphatic rings. The minimum atomic E-state index is -0.897. The molecule has 0 saturated heterocycles. The number of H-pyrrole nitrogens is 5. The molecule has 0 radical (unpaired) electrons. The van der Waals surface area contributed by atoms with E-state index in [1.54, 1.807) is 51.4 Å². The zero-order chi connectivity index (χ0) is 98.8. The Hall–Kier alpha value is -15.7. The summed E-state index contributed by atoms with van der Waals surface area (Å²) in [6.07, 6.45) is 27.1. The summed E-state index contributed by atoms with van der Waals surface area (Å²) in [5.74, 6) is 1.44. The van der Waals surface area contributed by atoms with Gasteiger partial charge >= 0.3 is 29.8 Å². The normalized spacial score (nSPS) is 19.0. The molecule has 4 fully saturated rings. The zero-order valence-electron chi connectivity index (χ0n) is 76.6. The largest absolute Gasteiger partial charge is 0.495 e. The van der Waals surface area contributed by atoms with Gasteiger partial charge in [0.2, 0.25) is 0 Å². The molecular weight excluding hydrogens is 1890 g/mol. The van der Waals surface area contributed by atoms with E-state index < -0.39 is 35.3 Å². The predicted molar refractivity (Wildman–Crippen MR) is 542 cm³/mol. The maximum absolute atomic E-state index is 12.6. The first-order valence-corrected chi connectivity index (χ1v) is 48.6. The number of nitrogen functional groups attached to an aromatic ring is 4. The summed E-state index contributed by atoms with van der Waals surface area (Å²) in [4.78, 5) is 126. The van der Waals surface area contributed by atoms with E-state index in [-0.39, 0.29) is 52.7 Å². The number of carboxylic acids is 5. The highest BCUT2D eigenvalue weighted by atomic mass is 35.5. The first kappa shape index (κ1) is 94.0. The third-order valence-electron chi connectivity index (χ3n) is 28.1. The monoisotopic (exact) mass is 1990 g/mol. The predicted octanol–water partition coefficient (Wildman–Crippen LogP) is 18.7. The van der Waals surface area contributed by atoms with Crippen LogP contribution < -0.4 is 33.2 Å². The molecule has 41 heteroatoms. The first-order chi connectivity index (χ1) is 68.6. The molecule has 0 spiro atoms. The number of nitrogens with zero attached hydrogens (tertiary/aromatic N) is 16. The van der Waals surface area contributed by atoms with Crippen LogP contribution in [-0.2, 0) is 30.4 Å². The van der Waals surface area contributed by atoms with Crippen molar-refractivity contribution in [2.45, 2.75) is 145 Å². The number of rotatable bonds is 17. The Morgan fingerprint density at radius 1 is 0.465 bits per heavy atom. The van der Waals surface area contributed by atoms with Gasteiger partial charge in [-0.05, 0) is 187 Å². The van der Waals surface area contributed by atoms with Gasteiger partial charge < -0.3 is 78.1 Å². The highest BCUT2D eigenvalue weighted by molar-refractivity contribution is 7.99. The molecule has 18 N–H and O–H groups in total. The highest BCUT2D eigenvalue weighted by Gasteiger charge is 2.41. The maximum Gasteiger partial charge on any atom is 0.313 e. The Kier molecular flexibility index (Phi) is 25.7. The Morgan fingerprint density at radius 2 is 0.894 bits per heavy atom. The summed E-state index contributed by atoms with van der Waals surface area (Å²) >= 11 is 20.2. The number of nitrogens with two attached hydrogens (primary N) is 4. The van der Waals surface area contributed by atoms with E-state index in [1.807, 2.05) is 137 Å². The molecule has 19 aromatic rings. The Morgan fingerprint density at radius 3 is 1.42 bits per heavy atom. The van der Waals surface area contributed by atoms with Crippen molar-refractivity contribution in [3.63, 3.8) is 0 Å². The Balaban J connectivity index is 0.000000109. The fourth-order valence-electron chi connectivity index (χ4n) is 20.6. The van der Waals surface area contributed by atoms with E-state index in [4.69, 9.17) is 87.5 Å². The van der Waals surface area contributed by atoms with Crippen LogP contribution in [0.2, 0.25) is 15.1 Å². The van der Waals surface area contributed by atoms with Crippen molar-refractivity contribution in [3.05, 3.63) is 237 Å². The lowest BCUT2D eigenvalue weighted by molar-refractivity contribution is -0.150. The number of para-hydroxylation sites is 4. The van der Waals surface area contributed by atoms with E-state index in [9.17, 15) is 49.2 Å². The third-order valence-corrected chi connectivity index (χ3v) is 30.0. The van der Waals surface area contributed by atoms with Crippen LogP contribution in [0.5, 0.6) is 5.75 Å². The van der Waals surface area contributed by atoms with Crippen molar-refractivity contribution in [2.24, 2.45) is 23.2 Å². The van der Waals surface area contributed by atoms with Crippen LogP contribution in [0, 0.1) is 23.2 Å². The van der Waals surface area contributed by atoms with E-state index in [1.165, 1.54) is 12.7 Å². The average Bonchev–Trinajstić information content (AvgIpc) is 1.61. The molecule has 14 heterocycles. The minimum Gasteiger partial charge on any atom is -0.495 e. The molecule has 0 atom stereocenters. The summed E-state index contributed by atoms with van der Waals surface area (Å²) < 4.78 is 14.6. The number of carbonyl (C=O) groups is 5. The molecule has 4 saturated carbocycles. The molecule has 0 amide bonds. The van der Waals surface area contributed by atoms with Crippen LogP contribution in [0.3, 0.4) is 0 Å². The minimum absolute atomic E-state index is 0.0501. The second kappa shape index (κ2) is 38.8. The van der Waals surface area contributed by atoms with Crippen LogP contribution in [0.15, 0.2) is 181 Å². The second-order valence-electron chi connectivity index (χ2n) is 36.7. The van der Waals surface area contributed by atoms with Gasteiger partial charge in [0.05, 0.1) is 91.1 Å². The van der Waals surface area contributed by atoms with Gasteiger partial charge in [-0.3, -0.25) is 42.0 Å². The SMILES string of the molecule is CC1(C(=O)O)CCC(c2nc(-c3cc4cccc(Cl)c4[nH]3)c3c(N)nccn23)CC1.COc1cccc2cc(-c3nc(C4CCC(C(=O)O)CC4)n4ncnc(N)c34)[nH]c12.Nc1nccn2c(C3CCC(C(=O)O)CC3)nc(C3=Cc4cccc(Cl)c4C3)c12.Nc1nccn2c(SCC(=O)O)nc(-c3cc4ccccc4[nH]3)c12.O=C(O)C1CCC(c2nc(-c3cc4cccc(Cl)c4[nH]3)c3c(=O)[nH]cnn23)CC1. The number of allylic oxidation sites excluding steroid dienone is 1. The van der Waals surface area contributed by atoms with Crippen molar-refractivity contribution in [2.75, 3.05) is 35.8 Å². The molecule has 724 valence electrons. The Labute approximate surface area is 825 Å². The number of aromatic amines is 5. The fourth-order valence-corrected chi connectivity index (χ4v) is 22.0. The third kappa shape index (κ3) is 18.0. The van der Waals surface area contributed by atoms with Gasteiger partial charge in [-0.2, -0.15) is 10.2 Å². The molecule has 0 aliphatic heterocycles. The molecule has 142 heavy (non-hydrogen) atoms. The molecule has 5 aromatic carbocycles. The number of thioether (sulfide) groups is 1. The lowest BCUT2D eigenvalue weighted by Crippen LogP contribution is -2.32. The topological polar surface area (TPSA) is 560 Å². The molecule has 14 aromatic heterocycles. The number of fused-ring (bicyclic) bond motifs is 10. The lowest BCUT2D eigenvalue weighted by Gasteiger charge is -2.33. The van der Waals surface area contributed by atoms with Crippen LogP contribution in [-0.4, -0.2) is 170 Å². The summed E-state index contributed by atoms with van der Waals surface area (Å²) in [6, 6.07) is 39.0. The van der Waals surface area contributed by atoms with Gasteiger partial charge in [0.25, 0.3) is 5.56 Å². The van der Waals surface area contributed by atoms with Gasteiger partial charge in [-0.15, -0.1) is 0 Å². The summed E-state index contributed by atoms with van der Waals surface area (Å²) in [5, 5.41) is 61.6. The lowest BCUT2D eigenvalue weighted by atomic mass is 9.71. The molecule has 5 aliphatic carbocycles. The number of imidazole rings is 5. The standard InChI is InChI=1S/C22H22ClN5O2.C22H21ClN4O2.C21H22N6O3.C20H18ClN5O3.C16H13N5O2S/c1-22(21(29)30)7-5-12(6-8-22)20-27-17(18-19(24)25-9-10-28(18)20)15-11-13-3-2-4-14(23)16(13)26-15;23-17-3-1-2-14-10-15(11-16(14)17)18-19-20(24)25-8-9-27(19)21(26-18)12-4-6-13(7-5-12)22(28)29;1-30-15-4-2-3-13-9-14(25-16(13)15)17-18-19(22)23-10-24-27(18)20(26-17)11-5-7-12(8-6-11)21(28)29;21-13-3-1-2-12-8-14(24-15(12)13)16-17-19(27)22-9-23-26(17)18(25-16)10-4-6-11(7-5-10)20(28)29;17-15-14-13(11-7-9-3-1-2-4-10(9)19-11)20-16(24-8-12(22)23)21(14)6-5-18-15/h2-4,9-12,26H,5-8H2,1H3,(H2,24,25)(H,29,30);1-3,8-10,12-13H,4-7,11H2,(H2,24,25)(H,28,29);2-4,9-12,25H,5-8H2,1H3,(H,28,29)(H2,22,23,24);1-3,8-11,24H,4-7H2,(H,28,29)(H,22,23,27);1-7,19H,8H2,(H2,17,18)(H,22,23). The molecule has 37 nitrogen and oxygen atoms in total. The average molecular weight is 1990 g/mol.